The second kappa shape index (κ2) is 5.55. The second-order valence-electron chi connectivity index (χ2n) is 4.61. The summed E-state index contributed by atoms with van der Waals surface area (Å²) in [5.74, 6) is -2.56. The molecule has 0 aromatic carbocycles. The third-order valence-corrected chi connectivity index (χ3v) is 3.66. The molecular weight excluding hydrogens is 297 g/mol. The maximum Gasteiger partial charge on any atom is 0.471 e. The summed E-state index contributed by atoms with van der Waals surface area (Å²) in [6.45, 7) is 0.364. The van der Waals surface area contributed by atoms with Crippen LogP contribution in [0.4, 0.5) is 13.2 Å². The first-order valence-corrected chi connectivity index (χ1v) is 6.59. The highest BCUT2D eigenvalue weighted by molar-refractivity contribution is 7.80. The zero-order valence-corrected chi connectivity index (χ0v) is 11.3. The molecule has 0 radical (unpaired) electrons. The number of amides is 2. The van der Waals surface area contributed by atoms with Crippen molar-refractivity contribution in [2.45, 2.75) is 31.5 Å². The Morgan fingerprint density at radius 3 is 2.50 bits per heavy atom. The van der Waals surface area contributed by atoms with Crippen molar-refractivity contribution >= 4 is 29.2 Å². The van der Waals surface area contributed by atoms with Crippen molar-refractivity contribution in [3.05, 3.63) is 0 Å². The molecular formula is C11H13F3N2O3S. The van der Waals surface area contributed by atoms with Crippen molar-refractivity contribution in [2.24, 2.45) is 0 Å². The Morgan fingerprint density at radius 2 is 1.95 bits per heavy atom. The smallest absolute Gasteiger partial charge is 0.469 e. The van der Waals surface area contributed by atoms with Crippen molar-refractivity contribution in [1.29, 1.82) is 0 Å². The van der Waals surface area contributed by atoms with Gasteiger partial charge in [-0.1, -0.05) is 0 Å². The molecule has 0 N–H and O–H groups in total. The largest absolute Gasteiger partial charge is 0.471 e. The van der Waals surface area contributed by atoms with E-state index in [9.17, 15) is 22.8 Å². The lowest BCUT2D eigenvalue weighted by Gasteiger charge is -2.36. The van der Waals surface area contributed by atoms with Gasteiger partial charge in [-0.15, -0.1) is 0 Å². The molecule has 2 rings (SSSR count). The van der Waals surface area contributed by atoms with E-state index in [1.807, 2.05) is 0 Å². The van der Waals surface area contributed by atoms with Crippen LogP contribution in [0, 0.1) is 0 Å². The quantitative estimate of drug-likeness (QED) is 0.680. The minimum absolute atomic E-state index is 0.0417. The fourth-order valence-corrected chi connectivity index (χ4v) is 2.63. The Kier molecular flexibility index (Phi) is 4.17. The molecule has 0 aromatic heterocycles. The normalized spacial score (nSPS) is 23.8. The van der Waals surface area contributed by atoms with Crippen LogP contribution in [0.25, 0.3) is 0 Å². The first kappa shape index (κ1) is 15.0. The molecule has 2 aliphatic rings. The number of alkyl halides is 3. The fourth-order valence-electron chi connectivity index (χ4n) is 2.37. The third-order valence-electron chi connectivity index (χ3n) is 3.32. The van der Waals surface area contributed by atoms with Crippen molar-refractivity contribution in [1.82, 2.24) is 9.80 Å². The molecule has 0 aromatic rings. The van der Waals surface area contributed by atoms with E-state index in [0.29, 0.717) is 17.7 Å². The third kappa shape index (κ3) is 2.87. The molecule has 2 aliphatic heterocycles. The molecule has 0 spiro atoms. The summed E-state index contributed by atoms with van der Waals surface area (Å²) in [7, 11) is 0. The lowest BCUT2D eigenvalue weighted by Crippen LogP contribution is -2.56. The molecule has 1 atom stereocenters. The molecule has 20 heavy (non-hydrogen) atoms. The van der Waals surface area contributed by atoms with Crippen LogP contribution in [-0.2, 0) is 14.3 Å². The van der Waals surface area contributed by atoms with Crippen molar-refractivity contribution < 1.29 is 27.5 Å². The van der Waals surface area contributed by atoms with Crippen molar-refractivity contribution in [3.63, 3.8) is 0 Å². The van der Waals surface area contributed by atoms with Gasteiger partial charge in [0.25, 0.3) is 11.1 Å². The van der Waals surface area contributed by atoms with E-state index in [0.717, 1.165) is 4.90 Å². The number of ether oxygens (including phenoxy) is 1. The molecule has 1 unspecified atom stereocenters. The molecule has 9 heteroatoms. The number of nitrogens with zero attached hydrogens (tertiary/aromatic N) is 2. The summed E-state index contributed by atoms with van der Waals surface area (Å²) in [6.07, 6.45) is -3.72. The topological polar surface area (TPSA) is 49.9 Å². The Morgan fingerprint density at radius 1 is 1.25 bits per heavy atom. The highest BCUT2D eigenvalue weighted by atomic mass is 32.1. The number of hydrogen-bond acceptors (Lipinski definition) is 4. The maximum atomic E-state index is 12.6. The minimum Gasteiger partial charge on any atom is -0.469 e. The van der Waals surface area contributed by atoms with Gasteiger partial charge in [-0.2, -0.15) is 13.2 Å². The SMILES string of the molecule is O=C(C1CCCCN1C(=O)C(F)(F)F)N1CCOC1=S. The minimum atomic E-state index is -4.97. The van der Waals surface area contributed by atoms with Crippen LogP contribution < -0.4 is 0 Å². The van der Waals surface area contributed by atoms with Crippen LogP contribution in [0.2, 0.25) is 0 Å². The van der Waals surface area contributed by atoms with E-state index < -0.39 is 24.0 Å². The van der Waals surface area contributed by atoms with E-state index in [4.69, 9.17) is 17.0 Å². The highest BCUT2D eigenvalue weighted by Crippen LogP contribution is 2.26. The summed E-state index contributed by atoms with van der Waals surface area (Å²) in [5, 5.41) is -0.0417. The van der Waals surface area contributed by atoms with E-state index in [1.165, 1.54) is 0 Å². The van der Waals surface area contributed by atoms with Gasteiger partial charge in [0.2, 0.25) is 0 Å². The standard InChI is InChI=1S/C11H13F3N2O3S/c12-11(13,14)9(18)15-4-2-1-3-7(15)8(17)16-5-6-19-10(16)20/h7H,1-6H2. The summed E-state index contributed by atoms with van der Waals surface area (Å²) >= 11 is 4.82. The molecule has 0 saturated carbocycles. The van der Waals surface area contributed by atoms with Gasteiger partial charge in [-0.25, -0.2) is 0 Å². The predicted octanol–water partition coefficient (Wildman–Crippen LogP) is 1.07. The number of hydrogen-bond donors (Lipinski definition) is 0. The zero-order valence-electron chi connectivity index (χ0n) is 10.5. The van der Waals surface area contributed by atoms with Crippen molar-refractivity contribution in [2.75, 3.05) is 19.7 Å². The molecule has 0 bridgehead atoms. The summed E-state index contributed by atoms with van der Waals surface area (Å²) in [6, 6.07) is -1.11. The summed E-state index contributed by atoms with van der Waals surface area (Å²) in [5.41, 5.74) is 0. The predicted molar refractivity (Wildman–Crippen MR) is 65.7 cm³/mol. The van der Waals surface area contributed by atoms with Gasteiger partial charge in [0, 0.05) is 6.54 Å². The fraction of sp³-hybridized carbons (Fsp3) is 0.727. The monoisotopic (exact) mass is 310 g/mol. The molecule has 0 aliphatic carbocycles. The lowest BCUT2D eigenvalue weighted by atomic mass is 10.0. The van der Waals surface area contributed by atoms with Crippen LogP contribution in [-0.4, -0.2) is 58.7 Å². The first-order valence-electron chi connectivity index (χ1n) is 6.18. The zero-order chi connectivity index (χ0) is 14.9. The van der Waals surface area contributed by atoms with Crippen LogP contribution in [0.15, 0.2) is 0 Å². The van der Waals surface area contributed by atoms with Crippen LogP contribution in [0.3, 0.4) is 0 Å². The van der Waals surface area contributed by atoms with Crippen LogP contribution in [0.5, 0.6) is 0 Å². The number of thiocarbonyl (C=S) groups is 1. The number of rotatable bonds is 1. The Balaban J connectivity index is 2.16. The van der Waals surface area contributed by atoms with Gasteiger partial charge in [0.15, 0.2) is 0 Å². The molecule has 5 nitrogen and oxygen atoms in total. The number of piperidine rings is 1. The van der Waals surface area contributed by atoms with Gasteiger partial charge >= 0.3 is 12.1 Å². The van der Waals surface area contributed by atoms with Crippen LogP contribution in [0.1, 0.15) is 19.3 Å². The Hall–Kier alpha value is -1.38. The Bertz CT molecular complexity index is 441. The van der Waals surface area contributed by atoms with E-state index in [1.54, 1.807) is 0 Å². The van der Waals surface area contributed by atoms with E-state index in [2.05, 4.69) is 0 Å². The van der Waals surface area contributed by atoms with Gasteiger partial charge in [-0.05, 0) is 31.5 Å². The average molecular weight is 310 g/mol. The van der Waals surface area contributed by atoms with Crippen LogP contribution >= 0.6 is 12.2 Å². The van der Waals surface area contributed by atoms with E-state index in [-0.39, 0.29) is 31.3 Å². The number of likely N-dealkylation sites (tertiary alicyclic amines) is 1. The van der Waals surface area contributed by atoms with Gasteiger partial charge in [-0.3, -0.25) is 14.5 Å². The number of carbonyl (C=O) groups excluding carboxylic acids is 2. The maximum absolute atomic E-state index is 12.6. The Labute approximate surface area is 118 Å². The molecule has 112 valence electrons. The molecule has 2 heterocycles. The lowest BCUT2D eigenvalue weighted by molar-refractivity contribution is -0.190. The van der Waals surface area contributed by atoms with Gasteiger partial charge in [0.1, 0.15) is 12.6 Å². The summed E-state index contributed by atoms with van der Waals surface area (Å²) in [4.78, 5) is 25.4. The average Bonchev–Trinajstić information content (AvgIpc) is 2.82. The summed E-state index contributed by atoms with van der Waals surface area (Å²) < 4.78 is 42.6. The first-order chi connectivity index (χ1) is 9.32. The molecule has 2 fully saturated rings. The van der Waals surface area contributed by atoms with Gasteiger partial charge in [0.05, 0.1) is 6.54 Å². The number of carbonyl (C=O) groups is 2. The molecule has 2 saturated heterocycles. The van der Waals surface area contributed by atoms with Gasteiger partial charge < -0.3 is 9.64 Å². The highest BCUT2D eigenvalue weighted by Gasteiger charge is 2.48. The molecule has 2 amide bonds. The number of halogens is 3. The van der Waals surface area contributed by atoms with Crippen molar-refractivity contribution in [3.8, 4) is 0 Å². The van der Waals surface area contributed by atoms with E-state index >= 15 is 0 Å². The second-order valence-corrected chi connectivity index (χ2v) is 4.96.